The predicted molar refractivity (Wildman–Crippen MR) is 105 cm³/mol. The van der Waals surface area contributed by atoms with Crippen LogP contribution in [-0.4, -0.2) is 48.7 Å². The van der Waals surface area contributed by atoms with Crippen molar-refractivity contribution in [1.29, 1.82) is 0 Å². The van der Waals surface area contributed by atoms with E-state index in [-0.39, 0.29) is 23.9 Å². The number of rotatable bonds is 6. The molecule has 2 aromatic rings. The van der Waals surface area contributed by atoms with Crippen molar-refractivity contribution in [2.24, 2.45) is 5.92 Å². The summed E-state index contributed by atoms with van der Waals surface area (Å²) in [4.78, 5) is 32.1. The van der Waals surface area contributed by atoms with E-state index in [0.29, 0.717) is 27.7 Å². The Morgan fingerprint density at radius 1 is 1.22 bits per heavy atom. The molecule has 1 fully saturated rings. The number of ether oxygens (including phenoxy) is 1. The van der Waals surface area contributed by atoms with Gasteiger partial charge in [-0.15, -0.1) is 0 Å². The van der Waals surface area contributed by atoms with E-state index in [1.807, 2.05) is 0 Å². The Bertz CT molecular complexity index is 845. The molecule has 2 heterocycles. The van der Waals surface area contributed by atoms with Gasteiger partial charge in [0, 0.05) is 16.6 Å². The number of Topliss-reactive ketones (excluding diaryl/α,β-unsaturated/α-hetero) is 2. The van der Waals surface area contributed by atoms with E-state index >= 15 is 0 Å². The zero-order chi connectivity index (χ0) is 19.4. The molecule has 1 aromatic heterocycles. The summed E-state index contributed by atoms with van der Waals surface area (Å²) >= 11 is 5.95. The van der Waals surface area contributed by atoms with Gasteiger partial charge in [-0.05, 0) is 63.3 Å². The minimum Gasteiger partial charge on any atom is -0.496 e. The SMILES string of the molecule is COc1cc(Cl)ccc1C(=O)Cc1cccc(C(=O)C2CCN(C)CC2)n1. The van der Waals surface area contributed by atoms with Crippen LogP contribution in [0.3, 0.4) is 0 Å². The lowest BCUT2D eigenvalue weighted by molar-refractivity contribution is 0.0850. The summed E-state index contributed by atoms with van der Waals surface area (Å²) in [5.41, 5.74) is 1.48. The quantitative estimate of drug-likeness (QED) is 0.708. The highest BCUT2D eigenvalue weighted by Gasteiger charge is 2.25. The number of carbonyl (C=O) groups excluding carboxylic acids is 2. The highest BCUT2D eigenvalue weighted by Crippen LogP contribution is 2.25. The second kappa shape index (κ2) is 8.63. The summed E-state index contributed by atoms with van der Waals surface area (Å²) in [7, 11) is 3.57. The van der Waals surface area contributed by atoms with E-state index in [1.165, 1.54) is 7.11 Å². The first-order valence-corrected chi connectivity index (χ1v) is 9.41. The van der Waals surface area contributed by atoms with Crippen LogP contribution in [0.15, 0.2) is 36.4 Å². The molecule has 1 aliphatic rings. The van der Waals surface area contributed by atoms with Crippen molar-refractivity contribution in [1.82, 2.24) is 9.88 Å². The molecule has 27 heavy (non-hydrogen) atoms. The van der Waals surface area contributed by atoms with Crippen molar-refractivity contribution in [3.63, 3.8) is 0 Å². The van der Waals surface area contributed by atoms with Gasteiger partial charge in [-0.2, -0.15) is 0 Å². The maximum absolute atomic E-state index is 12.8. The Balaban J connectivity index is 1.74. The van der Waals surface area contributed by atoms with E-state index in [9.17, 15) is 9.59 Å². The maximum atomic E-state index is 12.8. The molecule has 1 aromatic carbocycles. The van der Waals surface area contributed by atoms with Gasteiger partial charge in [0.1, 0.15) is 11.4 Å². The lowest BCUT2D eigenvalue weighted by atomic mass is 9.91. The second-order valence-corrected chi connectivity index (χ2v) is 7.34. The van der Waals surface area contributed by atoms with Crippen LogP contribution in [0.25, 0.3) is 0 Å². The Hall–Kier alpha value is -2.24. The highest BCUT2D eigenvalue weighted by molar-refractivity contribution is 6.30. The number of benzene rings is 1. The van der Waals surface area contributed by atoms with Gasteiger partial charge >= 0.3 is 0 Å². The average molecular weight is 387 g/mol. The van der Waals surface area contributed by atoms with Crippen molar-refractivity contribution < 1.29 is 14.3 Å². The van der Waals surface area contributed by atoms with E-state index in [4.69, 9.17) is 16.3 Å². The molecule has 0 N–H and O–H groups in total. The number of methoxy groups -OCH3 is 1. The molecule has 0 radical (unpaired) electrons. The van der Waals surface area contributed by atoms with E-state index in [2.05, 4.69) is 16.9 Å². The normalized spacial score (nSPS) is 15.5. The number of hydrogen-bond acceptors (Lipinski definition) is 5. The zero-order valence-electron chi connectivity index (χ0n) is 15.6. The summed E-state index contributed by atoms with van der Waals surface area (Å²) in [6, 6.07) is 10.2. The maximum Gasteiger partial charge on any atom is 0.184 e. The number of piperidine rings is 1. The molecule has 0 atom stereocenters. The van der Waals surface area contributed by atoms with Crippen molar-refractivity contribution in [2.45, 2.75) is 19.3 Å². The van der Waals surface area contributed by atoms with Gasteiger partial charge in [-0.1, -0.05) is 17.7 Å². The van der Waals surface area contributed by atoms with Crippen LogP contribution in [0, 0.1) is 5.92 Å². The predicted octanol–water partition coefficient (Wildman–Crippen LogP) is 3.69. The number of pyridine rings is 1. The fourth-order valence-corrected chi connectivity index (χ4v) is 3.51. The Morgan fingerprint density at radius 2 is 1.96 bits per heavy atom. The van der Waals surface area contributed by atoms with Gasteiger partial charge in [-0.3, -0.25) is 9.59 Å². The minimum atomic E-state index is -0.125. The smallest absolute Gasteiger partial charge is 0.184 e. The molecule has 0 saturated carbocycles. The number of hydrogen-bond donors (Lipinski definition) is 0. The van der Waals surface area contributed by atoms with Crippen molar-refractivity contribution in [2.75, 3.05) is 27.2 Å². The second-order valence-electron chi connectivity index (χ2n) is 6.90. The first kappa shape index (κ1) is 19.5. The van der Waals surface area contributed by atoms with Crippen molar-refractivity contribution in [3.8, 4) is 5.75 Å². The van der Waals surface area contributed by atoms with Crippen LogP contribution in [0.5, 0.6) is 5.75 Å². The first-order chi connectivity index (χ1) is 13.0. The van der Waals surface area contributed by atoms with Crippen LogP contribution in [-0.2, 0) is 6.42 Å². The van der Waals surface area contributed by atoms with E-state index in [1.54, 1.807) is 36.4 Å². The molecular formula is C21H23ClN2O3. The monoisotopic (exact) mass is 386 g/mol. The van der Waals surface area contributed by atoms with Gasteiger partial charge in [0.05, 0.1) is 19.1 Å². The molecule has 0 spiro atoms. The third kappa shape index (κ3) is 4.73. The molecule has 0 bridgehead atoms. The molecule has 5 nitrogen and oxygen atoms in total. The minimum absolute atomic E-state index is 0.0102. The molecular weight excluding hydrogens is 364 g/mol. The number of likely N-dealkylation sites (tertiary alicyclic amines) is 1. The highest BCUT2D eigenvalue weighted by atomic mass is 35.5. The molecule has 0 aliphatic carbocycles. The standard InChI is InChI=1S/C21H23ClN2O3/c1-24-10-8-14(9-11-24)21(26)18-5-3-4-16(23-18)13-19(25)17-7-6-15(22)12-20(17)27-2/h3-7,12,14H,8-11,13H2,1-2H3. The van der Waals surface area contributed by atoms with Crippen LogP contribution < -0.4 is 4.74 Å². The summed E-state index contributed by atoms with van der Waals surface area (Å²) in [5.74, 6) is 0.392. The fourth-order valence-electron chi connectivity index (χ4n) is 3.35. The third-order valence-electron chi connectivity index (χ3n) is 4.95. The summed E-state index contributed by atoms with van der Waals surface area (Å²) in [6.07, 6.45) is 1.80. The molecule has 3 rings (SSSR count). The van der Waals surface area contributed by atoms with Gasteiger partial charge < -0.3 is 9.64 Å². The number of aromatic nitrogens is 1. The zero-order valence-corrected chi connectivity index (χ0v) is 16.3. The summed E-state index contributed by atoms with van der Waals surface area (Å²) in [6.45, 7) is 1.84. The van der Waals surface area contributed by atoms with E-state index < -0.39 is 0 Å². The van der Waals surface area contributed by atoms with Crippen LogP contribution in [0.1, 0.15) is 39.4 Å². The van der Waals surface area contributed by atoms with Gasteiger partial charge in [0.2, 0.25) is 0 Å². The number of halogens is 1. The first-order valence-electron chi connectivity index (χ1n) is 9.03. The van der Waals surface area contributed by atoms with Gasteiger partial charge in [0.15, 0.2) is 11.6 Å². The fraction of sp³-hybridized carbons (Fsp3) is 0.381. The summed E-state index contributed by atoms with van der Waals surface area (Å²) < 4.78 is 5.25. The van der Waals surface area contributed by atoms with E-state index in [0.717, 1.165) is 25.9 Å². The van der Waals surface area contributed by atoms with Gasteiger partial charge in [-0.25, -0.2) is 4.98 Å². The number of carbonyl (C=O) groups is 2. The van der Waals surface area contributed by atoms with Crippen LogP contribution in [0.2, 0.25) is 5.02 Å². The Kier molecular flexibility index (Phi) is 6.24. The molecule has 0 unspecified atom stereocenters. The molecule has 142 valence electrons. The lowest BCUT2D eigenvalue weighted by Crippen LogP contribution is -2.33. The van der Waals surface area contributed by atoms with Gasteiger partial charge in [0.25, 0.3) is 0 Å². The van der Waals surface area contributed by atoms with Crippen LogP contribution in [0.4, 0.5) is 0 Å². The number of nitrogens with zero attached hydrogens (tertiary/aromatic N) is 2. The topological polar surface area (TPSA) is 59.5 Å². The molecule has 0 amide bonds. The Labute approximate surface area is 164 Å². The average Bonchev–Trinajstić information content (AvgIpc) is 2.68. The summed E-state index contributed by atoms with van der Waals surface area (Å²) in [5, 5.41) is 0.507. The molecule has 1 saturated heterocycles. The molecule has 1 aliphatic heterocycles. The third-order valence-corrected chi connectivity index (χ3v) is 5.19. The lowest BCUT2D eigenvalue weighted by Gasteiger charge is -2.27. The van der Waals surface area contributed by atoms with Crippen molar-refractivity contribution >= 4 is 23.2 Å². The largest absolute Gasteiger partial charge is 0.496 e. The Morgan fingerprint density at radius 3 is 2.67 bits per heavy atom. The van der Waals surface area contributed by atoms with Crippen molar-refractivity contribution in [3.05, 3.63) is 58.4 Å². The van der Waals surface area contributed by atoms with Crippen LogP contribution >= 0.6 is 11.6 Å². The molecule has 6 heteroatoms. The number of ketones is 2.